The fraction of sp³-hybridized carbons (Fsp3) is 0. The first-order chi connectivity index (χ1) is 13.3. The van der Waals surface area contributed by atoms with Gasteiger partial charge in [0.05, 0.1) is 15.5 Å². The van der Waals surface area contributed by atoms with E-state index >= 15 is 0 Å². The van der Waals surface area contributed by atoms with Crippen molar-refractivity contribution in [3.63, 3.8) is 0 Å². The van der Waals surface area contributed by atoms with Crippen LogP contribution in [0.3, 0.4) is 0 Å². The van der Waals surface area contributed by atoms with Crippen LogP contribution in [0.2, 0.25) is 5.02 Å². The second kappa shape index (κ2) is 7.37. The number of benzene rings is 1. The number of hydrogen-bond donors (Lipinski definition) is 3. The summed E-state index contributed by atoms with van der Waals surface area (Å²) in [6.07, 6.45) is 2.45. The molecule has 0 atom stereocenters. The molecule has 0 radical (unpaired) electrons. The quantitative estimate of drug-likeness (QED) is 0.436. The molecule has 0 saturated carbocycles. The Labute approximate surface area is 159 Å². The highest BCUT2D eigenvalue weighted by Gasteiger charge is 2.19. The van der Waals surface area contributed by atoms with Crippen LogP contribution in [-0.4, -0.2) is 26.0 Å². The van der Waals surface area contributed by atoms with Gasteiger partial charge in [0.2, 0.25) is 0 Å². The predicted octanol–water partition coefficient (Wildman–Crippen LogP) is 2.75. The molecule has 0 aliphatic rings. The van der Waals surface area contributed by atoms with Crippen molar-refractivity contribution in [3.8, 4) is 11.3 Å². The van der Waals surface area contributed by atoms with Gasteiger partial charge in [-0.3, -0.25) is 19.9 Å². The number of nitrogens with one attached hydrogen (secondary N) is 2. The van der Waals surface area contributed by atoms with Crippen LogP contribution in [0, 0.1) is 10.1 Å². The highest BCUT2D eigenvalue weighted by atomic mass is 35.5. The van der Waals surface area contributed by atoms with E-state index in [1.54, 1.807) is 4.98 Å². The molecule has 3 N–H and O–H groups in total. The molecule has 0 fully saturated rings. The Bertz CT molecular complexity index is 1240. The molecule has 0 spiro atoms. The van der Waals surface area contributed by atoms with E-state index in [-0.39, 0.29) is 27.8 Å². The molecular weight excluding hydrogens is 394 g/mol. The summed E-state index contributed by atoms with van der Waals surface area (Å²) in [5.41, 5.74) is -2.79. The van der Waals surface area contributed by atoms with Crippen molar-refractivity contribution in [2.45, 2.75) is 0 Å². The van der Waals surface area contributed by atoms with Crippen LogP contribution in [0.15, 0.2) is 44.3 Å². The minimum Gasteiger partial charge on any atom is -0.478 e. The lowest BCUT2D eigenvalue weighted by atomic mass is 10.1. The number of aromatic carboxylic acids is 1. The summed E-state index contributed by atoms with van der Waals surface area (Å²) >= 11 is 6.08. The molecular formula is C17H10ClN3O7. The van der Waals surface area contributed by atoms with E-state index in [0.29, 0.717) is 5.56 Å². The number of nitro groups is 1. The molecule has 10 nitrogen and oxygen atoms in total. The standard InChI is InChI=1S/C17H10ClN3O7/c18-11-4-1-8(16(23)24)7-10(11)13-6-3-9(28-13)2-5-12-14(21(26)27)15(22)20-17(25)19-12/h1-7H,(H,23,24)(H2,19,20,22,25). The number of carboxylic acids is 1. The first-order valence-electron chi connectivity index (χ1n) is 7.58. The molecule has 0 aliphatic carbocycles. The fourth-order valence-corrected chi connectivity index (χ4v) is 2.61. The topological polar surface area (TPSA) is 159 Å². The van der Waals surface area contributed by atoms with E-state index in [4.69, 9.17) is 21.1 Å². The van der Waals surface area contributed by atoms with Crippen molar-refractivity contribution in [1.29, 1.82) is 0 Å². The Morgan fingerprint density at radius 3 is 2.61 bits per heavy atom. The number of nitrogens with zero attached hydrogens (tertiary/aromatic N) is 1. The zero-order valence-corrected chi connectivity index (χ0v) is 14.5. The van der Waals surface area contributed by atoms with Crippen LogP contribution in [0.25, 0.3) is 23.5 Å². The smallest absolute Gasteiger partial charge is 0.357 e. The van der Waals surface area contributed by atoms with E-state index in [1.165, 1.54) is 36.4 Å². The van der Waals surface area contributed by atoms with Crippen LogP contribution in [0.1, 0.15) is 21.8 Å². The lowest BCUT2D eigenvalue weighted by Gasteiger charge is -2.02. The Morgan fingerprint density at radius 1 is 1.18 bits per heavy atom. The monoisotopic (exact) mass is 403 g/mol. The highest BCUT2D eigenvalue weighted by molar-refractivity contribution is 6.33. The number of furan rings is 1. The number of H-pyrrole nitrogens is 2. The van der Waals surface area contributed by atoms with Gasteiger partial charge in [-0.15, -0.1) is 0 Å². The van der Waals surface area contributed by atoms with E-state index in [0.717, 1.165) is 6.08 Å². The minimum atomic E-state index is -1.13. The third kappa shape index (κ3) is 3.76. The van der Waals surface area contributed by atoms with Crippen LogP contribution in [0.4, 0.5) is 5.69 Å². The maximum absolute atomic E-state index is 11.6. The highest BCUT2D eigenvalue weighted by Crippen LogP contribution is 2.31. The Hall–Kier alpha value is -3.92. The number of carbonyl (C=O) groups is 1. The van der Waals surface area contributed by atoms with Crippen molar-refractivity contribution < 1.29 is 19.2 Å². The number of halogens is 1. The normalized spacial score (nSPS) is 11.0. The number of carboxylic acid groups (broad SMARTS) is 1. The zero-order valence-electron chi connectivity index (χ0n) is 13.8. The Morgan fingerprint density at radius 2 is 1.93 bits per heavy atom. The van der Waals surface area contributed by atoms with Gasteiger partial charge in [0.15, 0.2) is 0 Å². The van der Waals surface area contributed by atoms with Crippen molar-refractivity contribution >= 4 is 35.4 Å². The van der Waals surface area contributed by atoms with Crippen molar-refractivity contribution in [3.05, 3.63) is 83.3 Å². The van der Waals surface area contributed by atoms with Crippen molar-refractivity contribution in [2.75, 3.05) is 0 Å². The lowest BCUT2D eigenvalue weighted by molar-refractivity contribution is -0.386. The maximum Gasteiger partial charge on any atom is 0.357 e. The first-order valence-corrected chi connectivity index (χ1v) is 7.96. The number of rotatable bonds is 5. The minimum absolute atomic E-state index is 0.0182. The van der Waals surface area contributed by atoms with E-state index < -0.39 is 27.8 Å². The van der Waals surface area contributed by atoms with Crippen molar-refractivity contribution in [2.24, 2.45) is 0 Å². The van der Waals surface area contributed by atoms with E-state index in [1.807, 2.05) is 0 Å². The summed E-state index contributed by atoms with van der Waals surface area (Å²) in [6, 6.07) is 7.15. The Kier molecular flexibility index (Phi) is 4.96. The number of aromatic nitrogens is 2. The van der Waals surface area contributed by atoms with Crippen LogP contribution in [-0.2, 0) is 0 Å². The van der Waals surface area contributed by atoms with Gasteiger partial charge < -0.3 is 14.5 Å². The summed E-state index contributed by atoms with van der Waals surface area (Å²) in [4.78, 5) is 48.1. The third-order valence-corrected chi connectivity index (χ3v) is 3.98. The summed E-state index contributed by atoms with van der Waals surface area (Å²) in [5.74, 6) is -0.640. The molecule has 2 heterocycles. The molecule has 2 aromatic heterocycles. The molecule has 11 heteroatoms. The summed E-state index contributed by atoms with van der Waals surface area (Å²) in [6.45, 7) is 0. The molecule has 3 rings (SSSR count). The second-order valence-corrected chi connectivity index (χ2v) is 5.87. The van der Waals surface area contributed by atoms with Gasteiger partial charge in [-0.25, -0.2) is 9.59 Å². The molecule has 0 amide bonds. The summed E-state index contributed by atoms with van der Waals surface area (Å²) < 4.78 is 5.56. The molecule has 0 aliphatic heterocycles. The Balaban J connectivity index is 1.98. The number of aromatic amines is 2. The molecule has 0 saturated heterocycles. The maximum atomic E-state index is 11.6. The largest absolute Gasteiger partial charge is 0.478 e. The van der Waals surface area contributed by atoms with Gasteiger partial charge >= 0.3 is 22.9 Å². The molecule has 0 bridgehead atoms. The van der Waals surface area contributed by atoms with Gasteiger partial charge in [0.25, 0.3) is 0 Å². The molecule has 3 aromatic rings. The van der Waals surface area contributed by atoms with Gasteiger partial charge in [-0.05, 0) is 42.5 Å². The van der Waals surface area contributed by atoms with Crippen LogP contribution < -0.4 is 11.2 Å². The summed E-state index contributed by atoms with van der Waals surface area (Å²) in [7, 11) is 0. The van der Waals surface area contributed by atoms with Crippen LogP contribution in [0.5, 0.6) is 0 Å². The van der Waals surface area contributed by atoms with E-state index in [9.17, 15) is 24.5 Å². The molecule has 28 heavy (non-hydrogen) atoms. The number of hydrogen-bond acceptors (Lipinski definition) is 6. The second-order valence-electron chi connectivity index (χ2n) is 5.46. The molecule has 0 unspecified atom stereocenters. The van der Waals surface area contributed by atoms with Gasteiger partial charge in [0, 0.05) is 5.56 Å². The third-order valence-electron chi connectivity index (χ3n) is 3.65. The zero-order chi connectivity index (χ0) is 20.4. The summed E-state index contributed by atoms with van der Waals surface area (Å²) in [5, 5.41) is 20.4. The predicted molar refractivity (Wildman–Crippen MR) is 99.4 cm³/mol. The first kappa shape index (κ1) is 18.9. The van der Waals surface area contributed by atoms with E-state index in [2.05, 4.69) is 4.98 Å². The lowest BCUT2D eigenvalue weighted by Crippen LogP contribution is -2.25. The average Bonchev–Trinajstić information content (AvgIpc) is 3.07. The SMILES string of the molecule is O=C(O)c1ccc(Cl)c(-c2ccc(C=Cc3[nH]c(=O)[nH]c(=O)c3[N+](=O)[O-])o2)c1. The average molecular weight is 404 g/mol. The van der Waals surface area contributed by atoms with Gasteiger partial charge in [-0.1, -0.05) is 11.6 Å². The van der Waals surface area contributed by atoms with Crippen molar-refractivity contribution in [1.82, 2.24) is 9.97 Å². The van der Waals surface area contributed by atoms with Gasteiger partial charge in [-0.2, -0.15) is 0 Å². The fourth-order valence-electron chi connectivity index (χ4n) is 2.40. The molecule has 1 aromatic carbocycles. The molecule has 142 valence electrons. The van der Waals surface area contributed by atoms with Gasteiger partial charge in [0.1, 0.15) is 17.2 Å². The van der Waals surface area contributed by atoms with Crippen LogP contribution >= 0.6 is 11.6 Å².